The van der Waals surface area contributed by atoms with Crippen molar-refractivity contribution in [1.29, 1.82) is 0 Å². The molecule has 0 bridgehead atoms. The summed E-state index contributed by atoms with van der Waals surface area (Å²) in [7, 11) is 0. The highest BCUT2D eigenvalue weighted by Crippen LogP contribution is 2.28. The molecule has 7 nitrogen and oxygen atoms in total. The van der Waals surface area contributed by atoms with E-state index in [0.717, 1.165) is 63.6 Å². The lowest BCUT2D eigenvalue weighted by Crippen LogP contribution is -2.52. The number of aliphatic hydroxyl groups excluding tert-OH is 1. The summed E-state index contributed by atoms with van der Waals surface area (Å²) >= 11 is 0. The third kappa shape index (κ3) is 4.79. The van der Waals surface area contributed by atoms with Crippen LogP contribution in [0.25, 0.3) is 0 Å². The van der Waals surface area contributed by atoms with Crippen molar-refractivity contribution in [3.63, 3.8) is 0 Å². The molecule has 1 amide bonds. The Hall–Kier alpha value is -1.47. The second kappa shape index (κ2) is 8.76. The van der Waals surface area contributed by atoms with Gasteiger partial charge in [-0.05, 0) is 38.5 Å². The number of aryl methyl sites for hydroxylation is 2. The van der Waals surface area contributed by atoms with E-state index in [4.69, 9.17) is 4.74 Å². The number of nitrogens with one attached hydrogen (secondary N) is 1. The number of aliphatic hydroxyl groups is 1. The van der Waals surface area contributed by atoms with Gasteiger partial charge in [-0.1, -0.05) is 25.0 Å². The zero-order chi connectivity index (χ0) is 17.6. The molecule has 25 heavy (non-hydrogen) atoms. The fourth-order valence-corrected chi connectivity index (χ4v) is 3.57. The van der Waals surface area contributed by atoms with E-state index in [2.05, 4.69) is 22.6 Å². The molecule has 1 saturated heterocycles. The second-order valence-corrected chi connectivity index (χ2v) is 7.31. The molecule has 0 spiro atoms. The maximum atomic E-state index is 12.1. The molecule has 1 aliphatic heterocycles. The summed E-state index contributed by atoms with van der Waals surface area (Å²) in [4.78, 5) is 12.1. The minimum Gasteiger partial charge on any atom is -0.394 e. The first-order valence-electron chi connectivity index (χ1n) is 9.65. The second-order valence-electron chi connectivity index (χ2n) is 7.31. The van der Waals surface area contributed by atoms with Crippen molar-refractivity contribution >= 4 is 5.91 Å². The van der Waals surface area contributed by atoms with Gasteiger partial charge in [0.2, 0.25) is 5.91 Å². The lowest BCUT2D eigenvalue weighted by molar-refractivity contribution is -0.134. The van der Waals surface area contributed by atoms with Crippen LogP contribution in [-0.2, 0) is 22.5 Å². The molecule has 3 atom stereocenters. The van der Waals surface area contributed by atoms with Crippen LogP contribution in [0.15, 0.2) is 6.20 Å². The van der Waals surface area contributed by atoms with Crippen molar-refractivity contribution in [1.82, 2.24) is 20.3 Å². The summed E-state index contributed by atoms with van der Waals surface area (Å²) in [5.41, 5.74) is 1.03. The van der Waals surface area contributed by atoms with E-state index in [1.807, 2.05) is 10.9 Å². The van der Waals surface area contributed by atoms with Gasteiger partial charge in [0, 0.05) is 18.7 Å². The molecule has 7 heteroatoms. The first kappa shape index (κ1) is 18.3. The monoisotopic (exact) mass is 350 g/mol. The van der Waals surface area contributed by atoms with Crippen LogP contribution in [0.4, 0.5) is 0 Å². The largest absolute Gasteiger partial charge is 0.394 e. The molecule has 1 aliphatic carbocycles. The topological polar surface area (TPSA) is 89.3 Å². The normalized spacial score (nSPS) is 27.0. The summed E-state index contributed by atoms with van der Waals surface area (Å²) < 4.78 is 7.90. The van der Waals surface area contributed by atoms with E-state index in [0.29, 0.717) is 0 Å². The Kier molecular flexibility index (Phi) is 6.42. The Morgan fingerprint density at radius 3 is 2.92 bits per heavy atom. The summed E-state index contributed by atoms with van der Waals surface area (Å²) in [5, 5.41) is 21.0. The van der Waals surface area contributed by atoms with Crippen LogP contribution in [0, 0.1) is 5.92 Å². The zero-order valence-corrected chi connectivity index (χ0v) is 15.1. The Bertz CT molecular complexity index is 558. The van der Waals surface area contributed by atoms with E-state index in [1.54, 1.807) is 0 Å². The van der Waals surface area contributed by atoms with E-state index in [1.165, 1.54) is 0 Å². The smallest absolute Gasteiger partial charge is 0.223 e. The van der Waals surface area contributed by atoms with Gasteiger partial charge in [-0.2, -0.15) is 0 Å². The van der Waals surface area contributed by atoms with Gasteiger partial charge in [-0.3, -0.25) is 9.48 Å². The van der Waals surface area contributed by atoms with Crippen molar-refractivity contribution < 1.29 is 14.6 Å². The number of carbonyl (C=O) groups excluding carboxylic acids is 1. The van der Waals surface area contributed by atoms with Gasteiger partial charge in [0.25, 0.3) is 0 Å². The summed E-state index contributed by atoms with van der Waals surface area (Å²) in [5.74, 6) is 0.296. The molecule has 2 N–H and O–H groups in total. The molecule has 1 aromatic heterocycles. The predicted octanol–water partition coefficient (Wildman–Crippen LogP) is 1.45. The molecule has 2 heterocycles. The zero-order valence-electron chi connectivity index (χ0n) is 15.1. The summed E-state index contributed by atoms with van der Waals surface area (Å²) in [6.07, 6.45) is 9.51. The fraction of sp³-hybridized carbons (Fsp3) is 0.833. The van der Waals surface area contributed by atoms with Crippen LogP contribution in [0.3, 0.4) is 0 Å². The molecule has 1 aromatic rings. The number of amides is 1. The van der Waals surface area contributed by atoms with Crippen LogP contribution in [0.5, 0.6) is 0 Å². The molecule has 140 valence electrons. The first-order chi connectivity index (χ1) is 12.2. The minimum absolute atomic E-state index is 0.0594. The molecule has 2 fully saturated rings. The maximum Gasteiger partial charge on any atom is 0.223 e. The Balaban J connectivity index is 1.44. The number of aromatic nitrogens is 3. The Morgan fingerprint density at radius 2 is 2.24 bits per heavy atom. The van der Waals surface area contributed by atoms with Crippen LogP contribution in [0.1, 0.15) is 57.6 Å². The SMILES string of the molecule is CCCc1cn(CC[C@@H]2CC[C@@H](NC(=O)C3CCC3)[C@@H](CO)O2)nn1. The summed E-state index contributed by atoms with van der Waals surface area (Å²) in [6.45, 7) is 2.83. The number of ether oxygens (including phenoxy) is 1. The van der Waals surface area contributed by atoms with E-state index in [-0.39, 0.29) is 36.7 Å². The fourth-order valence-electron chi connectivity index (χ4n) is 3.57. The highest BCUT2D eigenvalue weighted by molar-refractivity contribution is 5.79. The van der Waals surface area contributed by atoms with Gasteiger partial charge in [-0.15, -0.1) is 5.10 Å². The lowest BCUT2D eigenvalue weighted by Gasteiger charge is -2.37. The predicted molar refractivity (Wildman–Crippen MR) is 92.9 cm³/mol. The first-order valence-corrected chi connectivity index (χ1v) is 9.65. The van der Waals surface area contributed by atoms with Crippen LogP contribution >= 0.6 is 0 Å². The van der Waals surface area contributed by atoms with Gasteiger partial charge < -0.3 is 15.2 Å². The standard InChI is InChI=1S/C18H30N4O3/c1-2-4-14-11-22(21-20-14)10-9-15-7-8-16(17(12-23)25-15)19-18(24)13-5-3-6-13/h11,13,15-17,23H,2-10,12H2,1H3,(H,19,24)/t15-,16+,17+/m0/s1. The van der Waals surface area contributed by atoms with Crippen molar-refractivity contribution in [3.8, 4) is 0 Å². The van der Waals surface area contributed by atoms with Gasteiger partial charge in [0.1, 0.15) is 6.10 Å². The molecular weight excluding hydrogens is 320 g/mol. The highest BCUT2D eigenvalue weighted by Gasteiger charge is 2.34. The minimum atomic E-state index is -0.311. The van der Waals surface area contributed by atoms with Gasteiger partial charge in [0.05, 0.1) is 24.4 Å². The van der Waals surface area contributed by atoms with Gasteiger partial charge in [-0.25, -0.2) is 0 Å². The third-order valence-corrected chi connectivity index (χ3v) is 5.37. The molecule has 0 unspecified atom stereocenters. The average molecular weight is 350 g/mol. The molecule has 3 rings (SSSR count). The highest BCUT2D eigenvalue weighted by atomic mass is 16.5. The number of hydrogen-bond acceptors (Lipinski definition) is 5. The molecular formula is C18H30N4O3. The Morgan fingerprint density at radius 1 is 1.40 bits per heavy atom. The number of rotatable bonds is 8. The van der Waals surface area contributed by atoms with E-state index in [9.17, 15) is 9.90 Å². The third-order valence-electron chi connectivity index (χ3n) is 5.37. The molecule has 0 radical (unpaired) electrons. The van der Waals surface area contributed by atoms with Crippen molar-refractivity contribution in [2.24, 2.45) is 5.92 Å². The quantitative estimate of drug-likeness (QED) is 0.741. The van der Waals surface area contributed by atoms with Crippen LogP contribution in [-0.4, -0.2) is 50.9 Å². The molecule has 1 saturated carbocycles. The maximum absolute atomic E-state index is 12.1. The number of carbonyl (C=O) groups is 1. The number of hydrogen-bond donors (Lipinski definition) is 2. The lowest BCUT2D eigenvalue weighted by atomic mass is 9.84. The summed E-state index contributed by atoms with van der Waals surface area (Å²) in [6, 6.07) is -0.0723. The van der Waals surface area contributed by atoms with Crippen LogP contribution < -0.4 is 5.32 Å². The Labute approximate surface area is 149 Å². The van der Waals surface area contributed by atoms with Crippen LogP contribution in [0.2, 0.25) is 0 Å². The number of nitrogens with zero attached hydrogens (tertiary/aromatic N) is 3. The van der Waals surface area contributed by atoms with E-state index < -0.39 is 0 Å². The van der Waals surface area contributed by atoms with Gasteiger partial charge >= 0.3 is 0 Å². The molecule has 2 aliphatic rings. The van der Waals surface area contributed by atoms with Crippen molar-refractivity contribution in [2.45, 2.75) is 83.1 Å². The van der Waals surface area contributed by atoms with Crippen molar-refractivity contribution in [3.05, 3.63) is 11.9 Å². The van der Waals surface area contributed by atoms with E-state index >= 15 is 0 Å². The average Bonchev–Trinajstić information content (AvgIpc) is 3.00. The molecule has 0 aromatic carbocycles. The van der Waals surface area contributed by atoms with Gasteiger partial charge in [0.15, 0.2) is 0 Å². The van der Waals surface area contributed by atoms with Crippen molar-refractivity contribution in [2.75, 3.05) is 6.61 Å².